The number of hydrogen-bond acceptors (Lipinski definition) is 3. The van der Waals surface area contributed by atoms with Crippen LogP contribution in [0, 0.1) is 0 Å². The third kappa shape index (κ3) is 3.39. The lowest BCUT2D eigenvalue weighted by atomic mass is 10.3. The molecule has 1 N–H and O–H groups in total. The van der Waals surface area contributed by atoms with Crippen LogP contribution in [0.2, 0.25) is 0 Å². The van der Waals surface area contributed by atoms with E-state index in [4.69, 9.17) is 4.42 Å². The topological polar surface area (TPSA) is 33.4 Å². The molecule has 2 nitrogen and oxygen atoms in total. The van der Waals surface area contributed by atoms with Crippen LogP contribution in [0.1, 0.15) is 32.3 Å². The first-order valence-electron chi connectivity index (χ1n) is 5.00. The maximum Gasteiger partial charge on any atom is 0.114 e. The molecule has 3 heteroatoms. The van der Waals surface area contributed by atoms with Gasteiger partial charge < -0.3 is 9.52 Å². The zero-order valence-electron chi connectivity index (χ0n) is 8.99. The van der Waals surface area contributed by atoms with Crippen LogP contribution in [0.25, 0.3) is 0 Å². The second kappa shape index (κ2) is 5.47. The van der Waals surface area contributed by atoms with Crippen molar-refractivity contribution in [1.82, 2.24) is 0 Å². The molecule has 2 unspecified atom stereocenters. The first-order chi connectivity index (χ1) is 6.63. The van der Waals surface area contributed by atoms with Crippen LogP contribution in [-0.2, 0) is 12.2 Å². The minimum Gasteiger partial charge on any atom is -0.465 e. The smallest absolute Gasteiger partial charge is 0.114 e. The predicted molar refractivity (Wildman–Crippen MR) is 60.5 cm³/mol. The Morgan fingerprint density at radius 2 is 2.00 bits per heavy atom. The molecule has 14 heavy (non-hydrogen) atoms. The fraction of sp³-hybridized carbons (Fsp3) is 0.636. The van der Waals surface area contributed by atoms with Gasteiger partial charge in [-0.05, 0) is 19.1 Å². The van der Waals surface area contributed by atoms with Gasteiger partial charge in [-0.1, -0.05) is 13.8 Å². The van der Waals surface area contributed by atoms with Gasteiger partial charge in [0.05, 0.1) is 11.9 Å². The molecule has 0 spiro atoms. The van der Waals surface area contributed by atoms with Crippen LogP contribution in [0.4, 0.5) is 0 Å². The van der Waals surface area contributed by atoms with Gasteiger partial charge in [0.15, 0.2) is 0 Å². The van der Waals surface area contributed by atoms with E-state index in [1.54, 1.807) is 11.8 Å². The maximum absolute atomic E-state index is 9.30. The van der Waals surface area contributed by atoms with Crippen LogP contribution in [0.3, 0.4) is 0 Å². The molecule has 0 bridgehead atoms. The van der Waals surface area contributed by atoms with Gasteiger partial charge in [0, 0.05) is 11.7 Å². The summed E-state index contributed by atoms with van der Waals surface area (Å²) in [7, 11) is 0. The normalized spacial score (nSPS) is 15.4. The Kier molecular flexibility index (Phi) is 4.55. The van der Waals surface area contributed by atoms with Crippen LogP contribution in [-0.4, -0.2) is 16.5 Å². The molecule has 1 aromatic heterocycles. The number of hydrogen-bond donors (Lipinski definition) is 1. The van der Waals surface area contributed by atoms with E-state index in [-0.39, 0.29) is 11.4 Å². The van der Waals surface area contributed by atoms with Crippen molar-refractivity contribution in [3.05, 3.63) is 23.7 Å². The summed E-state index contributed by atoms with van der Waals surface area (Å²) in [6.45, 7) is 5.92. The second-order valence-electron chi connectivity index (χ2n) is 3.48. The molecule has 0 aromatic carbocycles. The number of furan rings is 1. The highest BCUT2D eigenvalue weighted by Gasteiger charge is 2.10. The Morgan fingerprint density at radius 3 is 2.50 bits per heavy atom. The summed E-state index contributed by atoms with van der Waals surface area (Å²) in [6, 6.07) is 4.03. The quantitative estimate of drug-likeness (QED) is 0.818. The van der Waals surface area contributed by atoms with E-state index < -0.39 is 0 Å². The summed E-state index contributed by atoms with van der Waals surface area (Å²) < 4.78 is 5.56. The Balaban J connectivity index is 2.37. The van der Waals surface area contributed by atoms with E-state index in [9.17, 15) is 5.11 Å². The minimum absolute atomic E-state index is 0.255. The third-order valence-corrected chi connectivity index (χ3v) is 3.60. The molecule has 0 saturated heterocycles. The van der Waals surface area contributed by atoms with Crippen molar-refractivity contribution in [2.45, 2.75) is 44.3 Å². The fourth-order valence-electron chi connectivity index (χ4n) is 1.04. The molecule has 80 valence electrons. The van der Waals surface area contributed by atoms with Gasteiger partial charge in [0.1, 0.15) is 11.5 Å². The number of thioether (sulfide) groups is 1. The Labute approximate surface area is 89.7 Å². The minimum atomic E-state index is -0.263. The molecule has 2 atom stereocenters. The van der Waals surface area contributed by atoms with Crippen LogP contribution in [0.15, 0.2) is 16.5 Å². The molecule has 1 aromatic rings. The first-order valence-corrected chi connectivity index (χ1v) is 6.05. The van der Waals surface area contributed by atoms with Gasteiger partial charge in [-0.3, -0.25) is 0 Å². The molecule has 1 rings (SSSR count). The largest absolute Gasteiger partial charge is 0.465 e. The van der Waals surface area contributed by atoms with Crippen molar-refractivity contribution in [3.8, 4) is 0 Å². The van der Waals surface area contributed by atoms with E-state index in [0.29, 0.717) is 0 Å². The van der Waals surface area contributed by atoms with Gasteiger partial charge in [-0.25, -0.2) is 0 Å². The average molecular weight is 214 g/mol. The molecule has 0 saturated carbocycles. The van der Waals surface area contributed by atoms with E-state index >= 15 is 0 Å². The van der Waals surface area contributed by atoms with Gasteiger partial charge >= 0.3 is 0 Å². The average Bonchev–Trinajstić information content (AvgIpc) is 2.61. The van der Waals surface area contributed by atoms with E-state index in [2.05, 4.69) is 6.92 Å². The molecule has 0 amide bonds. The molecule has 1 heterocycles. The molecular weight excluding hydrogens is 196 g/mol. The zero-order valence-corrected chi connectivity index (χ0v) is 9.80. The lowest BCUT2D eigenvalue weighted by Crippen LogP contribution is -2.15. The van der Waals surface area contributed by atoms with E-state index in [1.165, 1.54) is 0 Å². The van der Waals surface area contributed by atoms with Crippen LogP contribution >= 0.6 is 11.8 Å². The molecule has 0 aliphatic carbocycles. The van der Waals surface area contributed by atoms with Crippen molar-refractivity contribution < 1.29 is 9.52 Å². The number of aliphatic hydroxyl groups excluding tert-OH is 1. The van der Waals surface area contributed by atoms with Crippen LogP contribution < -0.4 is 0 Å². The third-order valence-electron chi connectivity index (χ3n) is 2.23. The summed E-state index contributed by atoms with van der Waals surface area (Å²) in [5.41, 5.74) is 0. The Morgan fingerprint density at radius 1 is 1.36 bits per heavy atom. The molecule has 0 aliphatic heterocycles. The van der Waals surface area contributed by atoms with Crippen molar-refractivity contribution in [1.29, 1.82) is 0 Å². The highest BCUT2D eigenvalue weighted by atomic mass is 32.2. The molecular formula is C11H18O2S. The van der Waals surface area contributed by atoms with Crippen molar-refractivity contribution in [3.63, 3.8) is 0 Å². The number of rotatable bonds is 5. The second-order valence-corrected chi connectivity index (χ2v) is 4.84. The van der Waals surface area contributed by atoms with Crippen LogP contribution in [0.5, 0.6) is 0 Å². The van der Waals surface area contributed by atoms with Crippen molar-refractivity contribution in [2.24, 2.45) is 0 Å². The first kappa shape index (κ1) is 11.7. The van der Waals surface area contributed by atoms with E-state index in [0.717, 1.165) is 23.7 Å². The molecule has 0 radical (unpaired) electrons. The van der Waals surface area contributed by atoms with Crippen molar-refractivity contribution in [2.75, 3.05) is 0 Å². The number of aryl methyl sites for hydroxylation is 1. The lowest BCUT2D eigenvalue weighted by Gasteiger charge is -2.12. The standard InChI is InChI=1S/C11H18O2S/c1-4-10-5-6-11(13-10)7-14-9(3)8(2)12/h5-6,8-9,12H,4,7H2,1-3H3. The van der Waals surface area contributed by atoms with Gasteiger partial charge in [0.2, 0.25) is 0 Å². The zero-order chi connectivity index (χ0) is 10.6. The van der Waals surface area contributed by atoms with E-state index in [1.807, 2.05) is 26.0 Å². The SMILES string of the molecule is CCc1ccc(CSC(C)C(C)O)o1. The lowest BCUT2D eigenvalue weighted by molar-refractivity contribution is 0.196. The fourth-order valence-corrected chi connectivity index (χ4v) is 1.90. The number of aliphatic hydroxyl groups is 1. The van der Waals surface area contributed by atoms with Gasteiger partial charge in [-0.15, -0.1) is 11.8 Å². The summed E-state index contributed by atoms with van der Waals surface area (Å²) in [5, 5.41) is 9.55. The monoisotopic (exact) mass is 214 g/mol. The van der Waals surface area contributed by atoms with Crippen molar-refractivity contribution >= 4 is 11.8 Å². The highest BCUT2D eigenvalue weighted by Crippen LogP contribution is 2.21. The Bertz CT molecular complexity index is 268. The summed E-state index contributed by atoms with van der Waals surface area (Å²) >= 11 is 1.72. The van der Waals surface area contributed by atoms with Gasteiger partial charge in [-0.2, -0.15) is 0 Å². The summed E-state index contributed by atoms with van der Waals surface area (Å²) in [6.07, 6.45) is 0.678. The molecule has 0 aliphatic rings. The predicted octanol–water partition coefficient (Wildman–Crippen LogP) is 2.84. The molecule has 0 fully saturated rings. The Hall–Kier alpha value is -0.410. The summed E-state index contributed by atoms with van der Waals surface area (Å²) in [5.74, 6) is 2.87. The maximum atomic E-state index is 9.30. The highest BCUT2D eigenvalue weighted by molar-refractivity contribution is 7.99. The summed E-state index contributed by atoms with van der Waals surface area (Å²) in [4.78, 5) is 0. The van der Waals surface area contributed by atoms with Gasteiger partial charge in [0.25, 0.3) is 0 Å².